The van der Waals surface area contributed by atoms with Crippen LogP contribution in [0.5, 0.6) is 0 Å². The van der Waals surface area contributed by atoms with E-state index in [1.807, 2.05) is 0 Å². The Morgan fingerprint density at radius 2 is 2.07 bits per heavy atom. The van der Waals surface area contributed by atoms with Gasteiger partial charge in [0.15, 0.2) is 0 Å². The lowest BCUT2D eigenvalue weighted by Crippen LogP contribution is -2.48. The van der Waals surface area contributed by atoms with E-state index in [0.29, 0.717) is 11.8 Å². The monoisotopic (exact) mass is 385 g/mol. The number of aliphatic carboxylic acids is 1. The fraction of sp³-hybridized carbons (Fsp3) is 0.652. The fourth-order valence-electron chi connectivity index (χ4n) is 6.42. The second kappa shape index (κ2) is 7.18. The SMILES string of the molecule is CC[C@]1(O)CC[C@H]2[C@@H]3CCC4=C/C(=N/OCC(=O)O)CCC4=C3C=C[C@@]21CC. The Balaban J connectivity index is 1.66. The van der Waals surface area contributed by atoms with E-state index in [-0.39, 0.29) is 5.41 Å². The highest BCUT2D eigenvalue weighted by Gasteiger charge is 2.59. The van der Waals surface area contributed by atoms with Crippen molar-refractivity contribution in [2.75, 3.05) is 6.61 Å². The number of aliphatic hydroxyl groups is 1. The Morgan fingerprint density at radius 1 is 1.25 bits per heavy atom. The quantitative estimate of drug-likeness (QED) is 0.688. The second-order valence-corrected chi connectivity index (χ2v) is 8.76. The van der Waals surface area contributed by atoms with Gasteiger partial charge in [0.25, 0.3) is 0 Å². The highest BCUT2D eigenvalue weighted by molar-refractivity contribution is 5.97. The van der Waals surface area contributed by atoms with E-state index >= 15 is 0 Å². The second-order valence-electron chi connectivity index (χ2n) is 8.76. The highest BCUT2D eigenvalue weighted by atomic mass is 16.6. The van der Waals surface area contributed by atoms with Crippen molar-refractivity contribution in [2.45, 2.75) is 70.8 Å². The Hall–Kier alpha value is -1.88. The van der Waals surface area contributed by atoms with Gasteiger partial charge in [0.1, 0.15) is 0 Å². The first-order valence-electron chi connectivity index (χ1n) is 10.7. The maximum absolute atomic E-state index is 11.4. The molecule has 1 fully saturated rings. The van der Waals surface area contributed by atoms with Crippen LogP contribution in [0.2, 0.25) is 0 Å². The molecule has 1 saturated carbocycles. The van der Waals surface area contributed by atoms with Crippen LogP contribution in [0.4, 0.5) is 0 Å². The molecule has 0 aromatic rings. The van der Waals surface area contributed by atoms with Gasteiger partial charge >= 0.3 is 5.97 Å². The largest absolute Gasteiger partial charge is 0.479 e. The molecule has 0 aromatic carbocycles. The van der Waals surface area contributed by atoms with Crippen LogP contribution in [0, 0.1) is 17.3 Å². The molecule has 0 amide bonds. The molecular weight excluding hydrogens is 354 g/mol. The van der Waals surface area contributed by atoms with Gasteiger partial charge in [-0.05, 0) is 86.0 Å². The lowest BCUT2D eigenvalue weighted by atomic mass is 9.56. The number of carbonyl (C=O) groups is 1. The molecule has 0 aliphatic heterocycles. The zero-order valence-corrected chi connectivity index (χ0v) is 16.9. The van der Waals surface area contributed by atoms with Gasteiger partial charge in [-0.3, -0.25) is 0 Å². The molecule has 0 radical (unpaired) electrons. The first-order chi connectivity index (χ1) is 13.4. The minimum Gasteiger partial charge on any atom is -0.479 e. The number of fused-ring (bicyclic) bond motifs is 4. The summed E-state index contributed by atoms with van der Waals surface area (Å²) in [4.78, 5) is 15.5. The molecule has 0 heterocycles. The van der Waals surface area contributed by atoms with E-state index in [9.17, 15) is 9.90 Å². The van der Waals surface area contributed by atoms with Crippen LogP contribution in [0.3, 0.4) is 0 Å². The van der Waals surface area contributed by atoms with Crippen LogP contribution < -0.4 is 0 Å². The smallest absolute Gasteiger partial charge is 0.344 e. The van der Waals surface area contributed by atoms with Crippen LogP contribution in [-0.2, 0) is 9.63 Å². The number of hydrogen-bond donors (Lipinski definition) is 2. The number of rotatable bonds is 5. The molecule has 0 unspecified atom stereocenters. The summed E-state index contributed by atoms with van der Waals surface area (Å²) in [6.07, 6.45) is 14.4. The van der Waals surface area contributed by atoms with Crippen molar-refractivity contribution in [2.24, 2.45) is 22.4 Å². The molecule has 2 N–H and O–H groups in total. The molecule has 4 aliphatic carbocycles. The Labute approximate surface area is 166 Å². The third-order valence-corrected chi connectivity index (χ3v) is 7.81. The Kier molecular flexibility index (Phi) is 4.98. The number of hydrogen-bond acceptors (Lipinski definition) is 4. The molecule has 5 nitrogen and oxygen atoms in total. The molecule has 5 heteroatoms. The van der Waals surface area contributed by atoms with Gasteiger partial charge in [-0.25, -0.2) is 4.79 Å². The van der Waals surface area contributed by atoms with Gasteiger partial charge in [-0.1, -0.05) is 31.2 Å². The average Bonchev–Trinajstić information content (AvgIpc) is 3.01. The zero-order chi connectivity index (χ0) is 19.9. The van der Waals surface area contributed by atoms with Crippen molar-refractivity contribution in [3.63, 3.8) is 0 Å². The number of carboxylic acid groups (broad SMARTS) is 1. The third kappa shape index (κ3) is 2.86. The first kappa shape index (κ1) is 19.4. The van der Waals surface area contributed by atoms with Crippen molar-refractivity contribution in [1.29, 1.82) is 0 Å². The van der Waals surface area contributed by atoms with Crippen molar-refractivity contribution in [1.82, 2.24) is 0 Å². The summed E-state index contributed by atoms with van der Waals surface area (Å²) >= 11 is 0. The summed E-state index contributed by atoms with van der Waals surface area (Å²) < 4.78 is 0. The molecule has 0 bridgehead atoms. The number of nitrogens with zero attached hydrogens (tertiary/aromatic N) is 1. The van der Waals surface area contributed by atoms with Gasteiger partial charge in [0.05, 0.1) is 11.3 Å². The van der Waals surface area contributed by atoms with Crippen LogP contribution in [-0.4, -0.2) is 34.1 Å². The van der Waals surface area contributed by atoms with Crippen molar-refractivity contribution >= 4 is 11.7 Å². The Morgan fingerprint density at radius 3 is 2.79 bits per heavy atom. The van der Waals surface area contributed by atoms with Gasteiger partial charge in [-0.2, -0.15) is 0 Å². The van der Waals surface area contributed by atoms with Crippen molar-refractivity contribution in [3.05, 3.63) is 34.9 Å². The van der Waals surface area contributed by atoms with Crippen molar-refractivity contribution in [3.8, 4) is 0 Å². The normalized spacial score (nSPS) is 38.0. The number of allylic oxidation sites excluding steroid dienone is 5. The predicted molar refractivity (Wildman–Crippen MR) is 108 cm³/mol. The molecule has 4 atom stereocenters. The van der Waals surface area contributed by atoms with E-state index in [1.165, 1.54) is 16.7 Å². The summed E-state index contributed by atoms with van der Waals surface area (Å²) in [5, 5.41) is 24.1. The van der Waals surface area contributed by atoms with Crippen LogP contribution in [0.15, 0.2) is 40.1 Å². The third-order valence-electron chi connectivity index (χ3n) is 7.81. The standard InChI is InChI=1S/C23H31NO4/c1-3-22-11-9-18-17-8-6-16(24-28-14-21(25)26)13-15(17)5-7-19(18)20(22)10-12-23(22,27)4-2/h9,11,13,19-20,27H,3-8,10,12,14H2,1-2H3,(H,25,26)/b24-16+/t19-,20+,22+,23+/m1/s1. The van der Waals surface area contributed by atoms with E-state index in [2.05, 4.69) is 37.2 Å². The van der Waals surface area contributed by atoms with E-state index in [1.54, 1.807) is 0 Å². The summed E-state index contributed by atoms with van der Waals surface area (Å²) in [6.45, 7) is 3.96. The summed E-state index contributed by atoms with van der Waals surface area (Å²) in [5.74, 6) is 0.0661. The molecule has 4 aliphatic rings. The maximum Gasteiger partial charge on any atom is 0.344 e. The Bertz CT molecular complexity index is 792. The summed E-state index contributed by atoms with van der Waals surface area (Å²) in [7, 11) is 0. The molecule has 0 spiro atoms. The zero-order valence-electron chi connectivity index (χ0n) is 16.9. The number of oxime groups is 1. The van der Waals surface area contributed by atoms with Crippen LogP contribution in [0.1, 0.15) is 65.2 Å². The average molecular weight is 386 g/mol. The molecule has 4 rings (SSSR count). The molecule has 152 valence electrons. The topological polar surface area (TPSA) is 79.1 Å². The summed E-state index contributed by atoms with van der Waals surface area (Å²) in [6, 6.07) is 0. The fourth-order valence-corrected chi connectivity index (χ4v) is 6.42. The van der Waals surface area contributed by atoms with Crippen LogP contribution in [0.25, 0.3) is 0 Å². The van der Waals surface area contributed by atoms with E-state index in [4.69, 9.17) is 9.94 Å². The van der Waals surface area contributed by atoms with E-state index < -0.39 is 18.2 Å². The lowest BCUT2D eigenvalue weighted by molar-refractivity contribution is -0.142. The van der Waals surface area contributed by atoms with E-state index in [0.717, 1.165) is 57.1 Å². The maximum atomic E-state index is 11.4. The molecule has 0 saturated heterocycles. The van der Waals surface area contributed by atoms with Crippen LogP contribution >= 0.6 is 0 Å². The minimum absolute atomic E-state index is 0.0797. The van der Waals surface area contributed by atoms with Crippen molar-refractivity contribution < 1.29 is 19.8 Å². The van der Waals surface area contributed by atoms with Gasteiger partial charge in [0, 0.05) is 5.41 Å². The summed E-state index contributed by atoms with van der Waals surface area (Å²) in [5.41, 5.74) is 4.43. The number of carboxylic acids is 1. The van der Waals surface area contributed by atoms with Gasteiger partial charge < -0.3 is 15.1 Å². The van der Waals surface area contributed by atoms with Gasteiger partial charge in [0.2, 0.25) is 6.61 Å². The predicted octanol–water partition coefficient (Wildman–Crippen LogP) is 4.39. The molecule has 0 aromatic heterocycles. The molecule has 28 heavy (non-hydrogen) atoms. The first-order valence-corrected chi connectivity index (χ1v) is 10.7. The minimum atomic E-state index is -1.01. The lowest BCUT2D eigenvalue weighted by Gasteiger charge is -2.50. The van der Waals surface area contributed by atoms with Gasteiger partial charge in [-0.15, -0.1) is 0 Å². The molecular formula is C23H31NO4. The highest BCUT2D eigenvalue weighted by Crippen LogP contribution is 2.63.